The summed E-state index contributed by atoms with van der Waals surface area (Å²) in [5, 5.41) is 12.3. The van der Waals surface area contributed by atoms with Gasteiger partial charge in [-0.15, -0.1) is 0 Å². The van der Waals surface area contributed by atoms with E-state index in [1.807, 2.05) is 0 Å². The summed E-state index contributed by atoms with van der Waals surface area (Å²) in [6.45, 7) is 0.888. The molecule has 2 saturated carbocycles. The lowest BCUT2D eigenvalue weighted by Crippen LogP contribution is -2.33. The first kappa shape index (κ1) is 11.9. The minimum Gasteiger partial charge on any atom is -0.391 e. The van der Waals surface area contributed by atoms with Gasteiger partial charge in [0.05, 0.1) is 12.7 Å². The molecule has 3 unspecified atom stereocenters. The summed E-state index contributed by atoms with van der Waals surface area (Å²) in [6.07, 6.45) is 3.60. The van der Waals surface area contributed by atoms with Crippen molar-refractivity contribution in [2.24, 2.45) is 17.8 Å². The van der Waals surface area contributed by atoms with Crippen LogP contribution in [-0.4, -0.2) is 37.4 Å². The van der Waals surface area contributed by atoms with E-state index in [-0.39, 0.29) is 11.8 Å². The largest absolute Gasteiger partial charge is 0.391 e. The van der Waals surface area contributed by atoms with Gasteiger partial charge < -0.3 is 15.2 Å². The number of hydrogen-bond donors (Lipinski definition) is 2. The maximum Gasteiger partial charge on any atom is 0.223 e. The van der Waals surface area contributed by atoms with Crippen molar-refractivity contribution in [3.05, 3.63) is 0 Å². The third-order valence-corrected chi connectivity index (χ3v) is 3.75. The highest BCUT2D eigenvalue weighted by atomic mass is 16.5. The van der Waals surface area contributed by atoms with Crippen LogP contribution in [0.3, 0.4) is 0 Å². The zero-order chi connectivity index (χ0) is 11.5. The number of rotatable bonds is 6. The summed E-state index contributed by atoms with van der Waals surface area (Å²) in [5.41, 5.74) is 0. The molecule has 0 heterocycles. The van der Waals surface area contributed by atoms with Crippen LogP contribution in [0.4, 0.5) is 0 Å². The molecule has 4 nitrogen and oxygen atoms in total. The SMILES string of the molecule is COCC(O)CCNC(=O)C1CC2CC2C1. The summed E-state index contributed by atoms with van der Waals surface area (Å²) in [6, 6.07) is 0. The highest BCUT2D eigenvalue weighted by Gasteiger charge is 2.47. The van der Waals surface area contributed by atoms with Gasteiger partial charge in [-0.3, -0.25) is 4.79 Å². The fourth-order valence-corrected chi connectivity index (χ4v) is 2.71. The van der Waals surface area contributed by atoms with Crippen molar-refractivity contribution in [1.29, 1.82) is 0 Å². The van der Waals surface area contributed by atoms with Gasteiger partial charge in [0.25, 0.3) is 0 Å². The molecule has 0 aliphatic heterocycles. The summed E-state index contributed by atoms with van der Waals surface area (Å²) in [5.74, 6) is 2.10. The molecule has 0 aromatic rings. The van der Waals surface area contributed by atoms with Crippen LogP contribution < -0.4 is 5.32 Å². The molecule has 0 saturated heterocycles. The number of methoxy groups -OCH3 is 1. The van der Waals surface area contributed by atoms with E-state index in [1.54, 1.807) is 7.11 Å². The lowest BCUT2D eigenvalue weighted by molar-refractivity contribution is -0.125. The van der Waals surface area contributed by atoms with Gasteiger partial charge in [-0.25, -0.2) is 0 Å². The van der Waals surface area contributed by atoms with Crippen molar-refractivity contribution < 1.29 is 14.6 Å². The maximum atomic E-state index is 11.7. The number of hydrogen-bond acceptors (Lipinski definition) is 3. The van der Waals surface area contributed by atoms with Gasteiger partial charge in [0.2, 0.25) is 5.91 Å². The number of nitrogens with one attached hydrogen (secondary N) is 1. The second-order valence-corrected chi connectivity index (χ2v) is 5.11. The summed E-state index contributed by atoms with van der Waals surface area (Å²) in [4.78, 5) is 11.7. The minimum atomic E-state index is -0.470. The molecule has 3 atom stereocenters. The Morgan fingerprint density at radius 2 is 2.12 bits per heavy atom. The Morgan fingerprint density at radius 3 is 2.75 bits per heavy atom. The van der Waals surface area contributed by atoms with E-state index in [9.17, 15) is 9.90 Å². The van der Waals surface area contributed by atoms with Gasteiger partial charge in [-0.1, -0.05) is 0 Å². The normalized spacial score (nSPS) is 33.2. The molecule has 2 fully saturated rings. The first-order valence-corrected chi connectivity index (χ1v) is 6.15. The fraction of sp³-hybridized carbons (Fsp3) is 0.917. The van der Waals surface area contributed by atoms with Crippen molar-refractivity contribution in [1.82, 2.24) is 5.32 Å². The Bertz CT molecular complexity index is 247. The Morgan fingerprint density at radius 1 is 1.44 bits per heavy atom. The van der Waals surface area contributed by atoms with Gasteiger partial charge in [0.15, 0.2) is 0 Å². The molecule has 2 aliphatic rings. The second kappa shape index (κ2) is 5.15. The van der Waals surface area contributed by atoms with E-state index in [2.05, 4.69) is 5.32 Å². The van der Waals surface area contributed by atoms with E-state index >= 15 is 0 Å². The summed E-state index contributed by atoms with van der Waals surface area (Å²) >= 11 is 0. The Hall–Kier alpha value is -0.610. The number of aliphatic hydroxyl groups is 1. The number of amides is 1. The topological polar surface area (TPSA) is 58.6 Å². The van der Waals surface area contributed by atoms with Crippen molar-refractivity contribution in [2.75, 3.05) is 20.3 Å². The van der Waals surface area contributed by atoms with Crippen LogP contribution in [0.5, 0.6) is 0 Å². The average Bonchev–Trinajstić information content (AvgIpc) is 2.86. The van der Waals surface area contributed by atoms with Crippen molar-refractivity contribution in [2.45, 2.75) is 31.8 Å². The number of carbonyl (C=O) groups excluding carboxylic acids is 1. The van der Waals surface area contributed by atoms with E-state index in [4.69, 9.17) is 4.74 Å². The molecule has 92 valence electrons. The molecule has 0 aromatic carbocycles. The number of ether oxygens (including phenoxy) is 1. The molecule has 0 bridgehead atoms. The second-order valence-electron chi connectivity index (χ2n) is 5.11. The van der Waals surface area contributed by atoms with Crippen molar-refractivity contribution in [3.63, 3.8) is 0 Å². The molecule has 0 radical (unpaired) electrons. The number of carbonyl (C=O) groups is 1. The highest BCUT2D eigenvalue weighted by Crippen LogP contribution is 2.54. The van der Waals surface area contributed by atoms with E-state index < -0.39 is 6.10 Å². The molecule has 0 aromatic heterocycles. The van der Waals surface area contributed by atoms with Gasteiger partial charge >= 0.3 is 0 Å². The zero-order valence-electron chi connectivity index (χ0n) is 9.82. The van der Waals surface area contributed by atoms with Crippen molar-refractivity contribution >= 4 is 5.91 Å². The van der Waals surface area contributed by atoms with Crippen molar-refractivity contribution in [3.8, 4) is 0 Å². The fourth-order valence-electron chi connectivity index (χ4n) is 2.71. The zero-order valence-corrected chi connectivity index (χ0v) is 9.82. The number of fused-ring (bicyclic) bond motifs is 1. The third-order valence-electron chi connectivity index (χ3n) is 3.75. The molecular weight excluding hydrogens is 206 g/mol. The first-order valence-electron chi connectivity index (χ1n) is 6.15. The van der Waals surface area contributed by atoms with E-state index in [0.717, 1.165) is 24.7 Å². The average molecular weight is 227 g/mol. The van der Waals surface area contributed by atoms with Crippen LogP contribution in [0.15, 0.2) is 0 Å². The quantitative estimate of drug-likeness (QED) is 0.696. The number of aliphatic hydroxyl groups excluding tert-OH is 1. The first-order chi connectivity index (χ1) is 7.70. The lowest BCUT2D eigenvalue weighted by atomic mass is 10.0. The summed E-state index contributed by atoms with van der Waals surface area (Å²) < 4.78 is 4.82. The lowest BCUT2D eigenvalue weighted by Gasteiger charge is -2.14. The van der Waals surface area contributed by atoms with Crippen LogP contribution in [0.2, 0.25) is 0 Å². The highest BCUT2D eigenvalue weighted by molar-refractivity contribution is 5.79. The van der Waals surface area contributed by atoms with Gasteiger partial charge in [0.1, 0.15) is 0 Å². The third kappa shape index (κ3) is 2.95. The molecular formula is C12H21NO3. The molecule has 2 rings (SSSR count). The Balaban J connectivity index is 1.57. The predicted molar refractivity (Wildman–Crippen MR) is 59.8 cm³/mol. The van der Waals surface area contributed by atoms with Crippen LogP contribution >= 0.6 is 0 Å². The van der Waals surface area contributed by atoms with E-state index in [1.165, 1.54) is 6.42 Å². The monoisotopic (exact) mass is 227 g/mol. The maximum absolute atomic E-state index is 11.7. The Kier molecular flexibility index (Phi) is 3.82. The van der Waals surface area contributed by atoms with Gasteiger partial charge in [-0.05, 0) is 37.5 Å². The molecule has 0 spiro atoms. The summed E-state index contributed by atoms with van der Waals surface area (Å²) in [7, 11) is 1.56. The van der Waals surface area contributed by atoms with Crippen LogP contribution in [0.1, 0.15) is 25.7 Å². The Labute approximate surface area is 96.4 Å². The van der Waals surface area contributed by atoms with Crippen LogP contribution in [-0.2, 0) is 9.53 Å². The smallest absolute Gasteiger partial charge is 0.223 e. The van der Waals surface area contributed by atoms with E-state index in [0.29, 0.717) is 19.6 Å². The minimum absolute atomic E-state index is 0.178. The van der Waals surface area contributed by atoms with Crippen LogP contribution in [0.25, 0.3) is 0 Å². The molecule has 16 heavy (non-hydrogen) atoms. The standard InChI is InChI=1S/C12H21NO3/c1-16-7-11(14)2-3-13-12(15)10-5-8-4-9(8)6-10/h8-11,14H,2-7H2,1H3,(H,13,15). The van der Waals surface area contributed by atoms with Gasteiger partial charge in [-0.2, -0.15) is 0 Å². The predicted octanol–water partition coefficient (Wildman–Crippen LogP) is 0.546. The molecule has 1 amide bonds. The van der Waals surface area contributed by atoms with Gasteiger partial charge in [0, 0.05) is 19.6 Å². The molecule has 2 N–H and O–H groups in total. The molecule has 4 heteroatoms. The molecule has 2 aliphatic carbocycles. The van der Waals surface area contributed by atoms with Crippen LogP contribution in [0, 0.1) is 17.8 Å².